The van der Waals surface area contributed by atoms with E-state index in [9.17, 15) is 9.59 Å². The van der Waals surface area contributed by atoms with Crippen LogP contribution in [-0.4, -0.2) is 59.6 Å². The molecule has 0 radical (unpaired) electrons. The summed E-state index contributed by atoms with van der Waals surface area (Å²) in [6.45, 7) is 12.2. The molecule has 0 spiro atoms. The molecule has 1 amide bonds. The summed E-state index contributed by atoms with van der Waals surface area (Å²) in [6.07, 6.45) is 1.14. The van der Waals surface area contributed by atoms with Crippen molar-refractivity contribution in [2.24, 2.45) is 0 Å². The summed E-state index contributed by atoms with van der Waals surface area (Å²) in [4.78, 5) is 32.2. The minimum atomic E-state index is -0.577. The van der Waals surface area contributed by atoms with E-state index in [1.807, 2.05) is 20.8 Å². The molecule has 2 aromatic rings. The molecule has 2 rings (SSSR count). The lowest BCUT2D eigenvalue weighted by atomic mass is 10.2. The van der Waals surface area contributed by atoms with Gasteiger partial charge in [0.25, 0.3) is 0 Å². The third kappa shape index (κ3) is 9.61. The molecule has 10 heteroatoms. The first-order valence-corrected chi connectivity index (χ1v) is 11.1. The van der Waals surface area contributed by atoms with Crippen LogP contribution in [0, 0.1) is 0 Å². The SMILES string of the molecule is CC(C)(C)OC(=O)NCCOCCOc1cc(-c2nc(C(=O)OC(C)(C)C)cs2)ccn1. The number of rotatable bonds is 9. The molecule has 176 valence electrons. The topological polar surface area (TPSA) is 109 Å². The molecule has 0 atom stereocenters. The number of amides is 1. The Morgan fingerprint density at radius 1 is 1.03 bits per heavy atom. The zero-order valence-corrected chi connectivity index (χ0v) is 20.2. The molecule has 0 aliphatic rings. The van der Waals surface area contributed by atoms with Gasteiger partial charge in [-0.05, 0) is 47.6 Å². The number of nitrogens with zero attached hydrogens (tertiary/aromatic N) is 2. The fraction of sp³-hybridized carbons (Fsp3) is 0.545. The largest absolute Gasteiger partial charge is 0.475 e. The number of alkyl carbamates (subject to hydrolysis) is 1. The zero-order chi connectivity index (χ0) is 23.8. The van der Waals surface area contributed by atoms with Crippen LogP contribution in [0.4, 0.5) is 4.79 Å². The van der Waals surface area contributed by atoms with Crippen LogP contribution in [0.5, 0.6) is 5.88 Å². The normalized spacial score (nSPS) is 11.7. The molecule has 0 fully saturated rings. The Morgan fingerprint density at radius 2 is 1.75 bits per heavy atom. The number of ether oxygens (including phenoxy) is 4. The van der Waals surface area contributed by atoms with E-state index < -0.39 is 23.3 Å². The Morgan fingerprint density at radius 3 is 2.44 bits per heavy atom. The highest BCUT2D eigenvalue weighted by atomic mass is 32.1. The number of carbonyl (C=O) groups excluding carboxylic acids is 2. The van der Waals surface area contributed by atoms with Gasteiger partial charge < -0.3 is 24.3 Å². The van der Waals surface area contributed by atoms with Crippen molar-refractivity contribution in [1.82, 2.24) is 15.3 Å². The number of aromatic nitrogens is 2. The number of thiazole rings is 1. The van der Waals surface area contributed by atoms with Crippen LogP contribution in [0.1, 0.15) is 52.0 Å². The number of hydrogen-bond acceptors (Lipinski definition) is 9. The maximum Gasteiger partial charge on any atom is 0.407 e. The van der Waals surface area contributed by atoms with Gasteiger partial charge in [0.15, 0.2) is 5.69 Å². The van der Waals surface area contributed by atoms with Gasteiger partial charge >= 0.3 is 12.1 Å². The number of carbonyl (C=O) groups is 2. The highest BCUT2D eigenvalue weighted by Crippen LogP contribution is 2.26. The second-order valence-corrected chi connectivity index (χ2v) is 9.67. The first kappa shape index (κ1) is 25.5. The molecule has 0 saturated heterocycles. The second kappa shape index (κ2) is 11.2. The fourth-order valence-electron chi connectivity index (χ4n) is 2.30. The third-order valence-corrected chi connectivity index (χ3v) is 4.38. The molecule has 1 N–H and O–H groups in total. The van der Waals surface area contributed by atoms with Gasteiger partial charge in [-0.25, -0.2) is 19.6 Å². The van der Waals surface area contributed by atoms with Gasteiger partial charge in [-0.3, -0.25) is 0 Å². The molecule has 0 unspecified atom stereocenters. The summed E-state index contributed by atoms with van der Waals surface area (Å²) >= 11 is 1.34. The summed E-state index contributed by atoms with van der Waals surface area (Å²) in [6, 6.07) is 3.55. The Kier molecular flexibility index (Phi) is 8.97. The summed E-state index contributed by atoms with van der Waals surface area (Å²) in [5, 5.41) is 4.96. The van der Waals surface area contributed by atoms with Gasteiger partial charge in [0, 0.05) is 29.8 Å². The van der Waals surface area contributed by atoms with Gasteiger partial charge in [0.05, 0.1) is 13.2 Å². The number of esters is 1. The lowest BCUT2D eigenvalue weighted by Crippen LogP contribution is -2.34. The van der Waals surface area contributed by atoms with E-state index in [2.05, 4.69) is 15.3 Å². The minimum absolute atomic E-state index is 0.271. The van der Waals surface area contributed by atoms with Gasteiger partial charge in [-0.1, -0.05) is 0 Å². The van der Waals surface area contributed by atoms with E-state index in [1.165, 1.54) is 11.3 Å². The molecule has 0 aliphatic carbocycles. The van der Waals surface area contributed by atoms with E-state index in [1.54, 1.807) is 44.5 Å². The highest BCUT2D eigenvalue weighted by molar-refractivity contribution is 7.13. The molecular weight excluding hydrogens is 434 g/mol. The summed E-state index contributed by atoms with van der Waals surface area (Å²) in [7, 11) is 0. The lowest BCUT2D eigenvalue weighted by Gasteiger charge is -2.19. The van der Waals surface area contributed by atoms with Crippen molar-refractivity contribution in [2.45, 2.75) is 52.7 Å². The van der Waals surface area contributed by atoms with Crippen molar-refractivity contribution in [3.05, 3.63) is 29.4 Å². The van der Waals surface area contributed by atoms with E-state index in [0.29, 0.717) is 37.3 Å². The average Bonchev–Trinajstić information content (AvgIpc) is 3.15. The molecule has 2 heterocycles. The molecule has 0 saturated carbocycles. The van der Waals surface area contributed by atoms with Crippen LogP contribution < -0.4 is 10.1 Å². The first-order chi connectivity index (χ1) is 14.9. The monoisotopic (exact) mass is 465 g/mol. The minimum Gasteiger partial charge on any atom is -0.475 e. The lowest BCUT2D eigenvalue weighted by molar-refractivity contribution is 0.00635. The molecule has 32 heavy (non-hydrogen) atoms. The predicted molar refractivity (Wildman–Crippen MR) is 121 cm³/mol. The van der Waals surface area contributed by atoms with Crippen LogP contribution in [0.3, 0.4) is 0 Å². The van der Waals surface area contributed by atoms with E-state index in [0.717, 1.165) is 5.56 Å². The van der Waals surface area contributed by atoms with Crippen molar-refractivity contribution >= 4 is 23.4 Å². The van der Waals surface area contributed by atoms with E-state index in [-0.39, 0.29) is 5.69 Å². The number of hydrogen-bond donors (Lipinski definition) is 1. The van der Waals surface area contributed by atoms with Gasteiger partial charge in [-0.15, -0.1) is 11.3 Å². The van der Waals surface area contributed by atoms with Crippen molar-refractivity contribution in [3.63, 3.8) is 0 Å². The maximum absolute atomic E-state index is 12.2. The molecule has 0 aliphatic heterocycles. The predicted octanol–water partition coefficient (Wildman–Crippen LogP) is 4.08. The number of pyridine rings is 1. The molecule has 0 aromatic carbocycles. The zero-order valence-electron chi connectivity index (χ0n) is 19.4. The molecule has 9 nitrogen and oxygen atoms in total. The summed E-state index contributed by atoms with van der Waals surface area (Å²) < 4.78 is 21.5. The van der Waals surface area contributed by atoms with Crippen LogP contribution in [0.15, 0.2) is 23.7 Å². The highest BCUT2D eigenvalue weighted by Gasteiger charge is 2.20. The summed E-state index contributed by atoms with van der Waals surface area (Å²) in [5.74, 6) is -0.0316. The Balaban J connectivity index is 1.75. The third-order valence-electron chi connectivity index (χ3n) is 3.49. The standard InChI is InChI=1S/C22H31N3O6S/c1-21(2,3)30-19(26)16-14-32-18(25-16)15-7-8-23-17(13-15)29-12-11-28-10-9-24-20(27)31-22(4,5)6/h7-8,13-14H,9-12H2,1-6H3,(H,24,27). The Labute approximate surface area is 192 Å². The van der Waals surface area contributed by atoms with Crippen LogP contribution in [0.2, 0.25) is 0 Å². The Hall–Kier alpha value is -2.72. The molecule has 2 aromatic heterocycles. The van der Waals surface area contributed by atoms with E-state index >= 15 is 0 Å². The fourth-order valence-corrected chi connectivity index (χ4v) is 3.08. The van der Waals surface area contributed by atoms with Crippen molar-refractivity contribution in [3.8, 4) is 16.5 Å². The molecular formula is C22H31N3O6S. The second-order valence-electron chi connectivity index (χ2n) is 8.81. The van der Waals surface area contributed by atoms with Crippen molar-refractivity contribution < 1.29 is 28.5 Å². The quantitative estimate of drug-likeness (QED) is 0.436. The van der Waals surface area contributed by atoms with Crippen molar-refractivity contribution in [1.29, 1.82) is 0 Å². The van der Waals surface area contributed by atoms with Gasteiger partial charge in [0.1, 0.15) is 22.8 Å². The first-order valence-electron chi connectivity index (χ1n) is 10.3. The van der Waals surface area contributed by atoms with Crippen LogP contribution in [-0.2, 0) is 14.2 Å². The Bertz CT molecular complexity index is 902. The summed E-state index contributed by atoms with van der Waals surface area (Å²) in [5.41, 5.74) is -0.0484. The van der Waals surface area contributed by atoms with Gasteiger partial charge in [0.2, 0.25) is 5.88 Å². The van der Waals surface area contributed by atoms with Crippen LogP contribution in [0.25, 0.3) is 10.6 Å². The van der Waals surface area contributed by atoms with E-state index in [4.69, 9.17) is 18.9 Å². The van der Waals surface area contributed by atoms with Gasteiger partial charge in [-0.2, -0.15) is 0 Å². The maximum atomic E-state index is 12.2. The van der Waals surface area contributed by atoms with Crippen molar-refractivity contribution in [2.75, 3.05) is 26.4 Å². The number of nitrogens with one attached hydrogen (secondary N) is 1. The van der Waals surface area contributed by atoms with Crippen LogP contribution >= 0.6 is 11.3 Å². The average molecular weight is 466 g/mol. The smallest absolute Gasteiger partial charge is 0.407 e. The molecule has 0 bridgehead atoms.